The summed E-state index contributed by atoms with van der Waals surface area (Å²) in [6.07, 6.45) is 0. The lowest BCUT2D eigenvalue weighted by Crippen LogP contribution is -2.35. The fourth-order valence-electron chi connectivity index (χ4n) is 1.13. The van der Waals surface area contributed by atoms with E-state index < -0.39 is 34.9 Å². The molecule has 0 fully saturated rings. The minimum absolute atomic E-state index is 0.324. The highest BCUT2D eigenvalue weighted by atomic mass is 19.1. The average molecular weight is 231 g/mol. The lowest BCUT2D eigenvalue weighted by Gasteiger charge is -2.12. The van der Waals surface area contributed by atoms with Crippen molar-refractivity contribution in [2.45, 2.75) is 13.0 Å². The molecule has 6 heteroatoms. The average Bonchev–Trinajstić information content (AvgIpc) is 2.15. The fraction of sp³-hybridized carbons (Fsp3) is 0.300. The summed E-state index contributed by atoms with van der Waals surface area (Å²) in [7, 11) is 0. The molecule has 1 aromatic rings. The molecule has 1 unspecified atom stereocenters. The molecule has 1 aromatic carbocycles. The van der Waals surface area contributed by atoms with Crippen LogP contribution in [-0.2, 0) is 0 Å². The lowest BCUT2D eigenvalue weighted by atomic mass is 10.1. The second kappa shape index (κ2) is 4.89. The van der Waals surface area contributed by atoms with Crippen molar-refractivity contribution < 1.29 is 23.8 Å². The molecule has 3 N–H and O–H groups in total. The molecule has 0 saturated heterocycles. The maximum atomic E-state index is 13.2. The third kappa shape index (κ3) is 2.66. The number of aliphatic hydroxyl groups excluding tert-OH is 1. The molecule has 0 aromatic heterocycles. The second-order valence-corrected chi connectivity index (χ2v) is 3.34. The lowest BCUT2D eigenvalue weighted by molar-refractivity contribution is 0.0915. The van der Waals surface area contributed by atoms with Crippen LogP contribution in [0.25, 0.3) is 0 Å². The first-order valence-electron chi connectivity index (χ1n) is 4.55. The molecular formula is C10H11F2NO3. The number of carbonyl (C=O) groups is 1. The summed E-state index contributed by atoms with van der Waals surface area (Å²) in [4.78, 5) is 11.4. The number of amides is 1. The molecule has 16 heavy (non-hydrogen) atoms. The van der Waals surface area contributed by atoms with Gasteiger partial charge in [0, 0.05) is 18.2 Å². The van der Waals surface area contributed by atoms with Gasteiger partial charge in [0.05, 0.1) is 6.61 Å². The summed E-state index contributed by atoms with van der Waals surface area (Å²) in [5.74, 6) is -3.81. The van der Waals surface area contributed by atoms with Gasteiger partial charge in [-0.3, -0.25) is 4.79 Å². The highest BCUT2D eigenvalue weighted by Crippen LogP contribution is 2.21. The first-order valence-corrected chi connectivity index (χ1v) is 4.55. The van der Waals surface area contributed by atoms with Crippen LogP contribution in [-0.4, -0.2) is 28.8 Å². The van der Waals surface area contributed by atoms with Crippen LogP contribution in [0.2, 0.25) is 0 Å². The normalized spacial score (nSPS) is 12.2. The monoisotopic (exact) mass is 231 g/mol. The van der Waals surface area contributed by atoms with E-state index in [1.54, 1.807) is 0 Å². The summed E-state index contributed by atoms with van der Waals surface area (Å²) in [6.45, 7) is 1.17. The van der Waals surface area contributed by atoms with Crippen molar-refractivity contribution in [1.82, 2.24) is 5.32 Å². The van der Waals surface area contributed by atoms with Crippen LogP contribution < -0.4 is 5.32 Å². The summed E-state index contributed by atoms with van der Waals surface area (Å²) in [6, 6.07) is 0.552. The summed E-state index contributed by atoms with van der Waals surface area (Å²) in [5, 5.41) is 20.1. The van der Waals surface area contributed by atoms with Gasteiger partial charge in [-0.25, -0.2) is 8.78 Å². The van der Waals surface area contributed by atoms with Crippen molar-refractivity contribution in [2.75, 3.05) is 6.61 Å². The van der Waals surface area contributed by atoms with E-state index >= 15 is 0 Å². The number of aliphatic hydroxyl groups is 1. The Hall–Kier alpha value is -1.69. The smallest absolute Gasteiger partial charge is 0.258 e. The number of halogens is 2. The van der Waals surface area contributed by atoms with E-state index in [2.05, 4.69) is 5.32 Å². The molecule has 0 aliphatic carbocycles. The number of benzene rings is 1. The van der Waals surface area contributed by atoms with Crippen LogP contribution in [0, 0.1) is 11.6 Å². The third-order valence-electron chi connectivity index (χ3n) is 1.91. The Morgan fingerprint density at radius 2 is 2.12 bits per heavy atom. The van der Waals surface area contributed by atoms with Gasteiger partial charge in [-0.05, 0) is 6.92 Å². The van der Waals surface area contributed by atoms with Crippen LogP contribution >= 0.6 is 0 Å². The Morgan fingerprint density at radius 1 is 1.50 bits per heavy atom. The highest BCUT2D eigenvalue weighted by molar-refractivity contribution is 5.97. The third-order valence-corrected chi connectivity index (χ3v) is 1.91. The SMILES string of the molecule is CC(CO)NC(=O)c1c(O)cc(F)cc1F. The van der Waals surface area contributed by atoms with E-state index in [0.29, 0.717) is 12.1 Å². The summed E-state index contributed by atoms with van der Waals surface area (Å²) >= 11 is 0. The molecule has 0 aliphatic heterocycles. The summed E-state index contributed by atoms with van der Waals surface area (Å²) < 4.78 is 25.8. The van der Waals surface area contributed by atoms with Crippen molar-refractivity contribution in [3.8, 4) is 5.75 Å². The van der Waals surface area contributed by atoms with Crippen molar-refractivity contribution in [1.29, 1.82) is 0 Å². The van der Waals surface area contributed by atoms with Gasteiger partial charge in [-0.1, -0.05) is 0 Å². The number of hydrogen-bond acceptors (Lipinski definition) is 3. The second-order valence-electron chi connectivity index (χ2n) is 3.34. The molecule has 88 valence electrons. The van der Waals surface area contributed by atoms with Crippen LogP contribution in [0.5, 0.6) is 5.75 Å². The van der Waals surface area contributed by atoms with Crippen molar-refractivity contribution in [2.24, 2.45) is 0 Å². The van der Waals surface area contributed by atoms with Gasteiger partial charge in [0.15, 0.2) is 0 Å². The molecule has 0 saturated carbocycles. The quantitative estimate of drug-likeness (QED) is 0.720. The number of carbonyl (C=O) groups excluding carboxylic acids is 1. The van der Waals surface area contributed by atoms with Crippen LogP contribution in [0.1, 0.15) is 17.3 Å². The van der Waals surface area contributed by atoms with Gasteiger partial charge in [0.25, 0.3) is 5.91 Å². The number of nitrogens with one attached hydrogen (secondary N) is 1. The molecule has 1 amide bonds. The molecule has 0 heterocycles. The minimum atomic E-state index is -1.15. The maximum Gasteiger partial charge on any atom is 0.258 e. The molecule has 4 nitrogen and oxygen atoms in total. The van der Waals surface area contributed by atoms with Crippen molar-refractivity contribution in [3.05, 3.63) is 29.3 Å². The summed E-state index contributed by atoms with van der Waals surface area (Å²) in [5.41, 5.74) is -0.637. The molecule has 0 aliphatic rings. The van der Waals surface area contributed by atoms with E-state index in [1.165, 1.54) is 6.92 Å². The van der Waals surface area contributed by atoms with E-state index in [1.807, 2.05) is 0 Å². The van der Waals surface area contributed by atoms with E-state index in [0.717, 1.165) is 0 Å². The molecule has 1 atom stereocenters. The number of phenolic OH excluding ortho intramolecular Hbond substituents is 1. The predicted molar refractivity (Wildman–Crippen MR) is 52.0 cm³/mol. The van der Waals surface area contributed by atoms with Crippen LogP contribution in [0.3, 0.4) is 0 Å². The molecule has 0 bridgehead atoms. The molecule has 0 radical (unpaired) electrons. The van der Waals surface area contributed by atoms with Crippen molar-refractivity contribution >= 4 is 5.91 Å². The standard InChI is InChI=1S/C10H11F2NO3/c1-5(4-14)13-10(16)9-7(12)2-6(11)3-8(9)15/h2-3,5,14-15H,4H2,1H3,(H,13,16). The Balaban J connectivity index is 3.00. The Labute approximate surface area is 90.5 Å². The zero-order valence-electron chi connectivity index (χ0n) is 8.50. The van der Waals surface area contributed by atoms with Gasteiger partial charge in [0.2, 0.25) is 0 Å². The first-order chi connectivity index (χ1) is 7.45. The van der Waals surface area contributed by atoms with Crippen molar-refractivity contribution in [3.63, 3.8) is 0 Å². The van der Waals surface area contributed by atoms with Gasteiger partial charge in [0.1, 0.15) is 22.9 Å². The van der Waals surface area contributed by atoms with Gasteiger partial charge >= 0.3 is 0 Å². The van der Waals surface area contributed by atoms with Gasteiger partial charge in [-0.2, -0.15) is 0 Å². The Morgan fingerprint density at radius 3 is 2.62 bits per heavy atom. The van der Waals surface area contributed by atoms with Crippen LogP contribution in [0.4, 0.5) is 8.78 Å². The number of phenols is 1. The largest absolute Gasteiger partial charge is 0.507 e. The first kappa shape index (κ1) is 12.4. The Bertz CT molecular complexity index is 386. The Kier molecular flexibility index (Phi) is 3.78. The zero-order valence-corrected chi connectivity index (χ0v) is 8.50. The predicted octanol–water partition coefficient (Wildman–Crippen LogP) is 0.781. The van der Waals surface area contributed by atoms with E-state index in [9.17, 15) is 18.7 Å². The van der Waals surface area contributed by atoms with Gasteiger partial charge < -0.3 is 15.5 Å². The fourth-order valence-corrected chi connectivity index (χ4v) is 1.13. The molecule has 1 rings (SSSR count). The molecule has 0 spiro atoms. The number of aromatic hydroxyl groups is 1. The zero-order chi connectivity index (χ0) is 12.3. The number of rotatable bonds is 3. The van der Waals surface area contributed by atoms with Crippen LogP contribution in [0.15, 0.2) is 12.1 Å². The maximum absolute atomic E-state index is 13.2. The highest BCUT2D eigenvalue weighted by Gasteiger charge is 2.19. The van der Waals surface area contributed by atoms with E-state index in [-0.39, 0.29) is 6.61 Å². The topological polar surface area (TPSA) is 69.6 Å². The number of hydrogen-bond donors (Lipinski definition) is 3. The van der Waals surface area contributed by atoms with Gasteiger partial charge in [-0.15, -0.1) is 0 Å². The minimum Gasteiger partial charge on any atom is -0.507 e. The van der Waals surface area contributed by atoms with E-state index in [4.69, 9.17) is 5.11 Å². The molecular weight excluding hydrogens is 220 g/mol.